The first kappa shape index (κ1) is 13.6. The van der Waals surface area contributed by atoms with Gasteiger partial charge in [-0.15, -0.1) is 11.3 Å². The zero-order valence-electron chi connectivity index (χ0n) is 11.2. The summed E-state index contributed by atoms with van der Waals surface area (Å²) in [5.41, 5.74) is -0.156. The molecular weight excluding hydrogens is 244 g/mol. The molecule has 1 fully saturated rings. The molecule has 1 aliphatic rings. The maximum Gasteiger partial charge on any atom is 0.226 e. The molecule has 100 valence electrons. The van der Waals surface area contributed by atoms with Crippen molar-refractivity contribution in [2.24, 2.45) is 5.41 Å². The second-order valence-corrected chi connectivity index (χ2v) is 6.07. The van der Waals surface area contributed by atoms with E-state index in [1.165, 1.54) is 4.88 Å². The van der Waals surface area contributed by atoms with Crippen LogP contribution in [-0.2, 0) is 4.79 Å². The van der Waals surface area contributed by atoms with Crippen molar-refractivity contribution in [2.45, 2.75) is 39.2 Å². The van der Waals surface area contributed by atoms with Gasteiger partial charge in [-0.3, -0.25) is 4.79 Å². The molecule has 0 aliphatic carbocycles. The summed E-state index contributed by atoms with van der Waals surface area (Å²) in [6.45, 7) is 6.10. The Morgan fingerprint density at radius 1 is 1.56 bits per heavy atom. The molecule has 1 aromatic heterocycles. The van der Waals surface area contributed by atoms with Gasteiger partial charge in [-0.05, 0) is 50.7 Å². The molecule has 0 saturated carbocycles. The Morgan fingerprint density at radius 3 is 2.83 bits per heavy atom. The molecule has 0 aromatic carbocycles. The summed E-state index contributed by atoms with van der Waals surface area (Å²) >= 11 is 1.70. The van der Waals surface area contributed by atoms with Gasteiger partial charge >= 0.3 is 0 Å². The first-order valence-corrected chi connectivity index (χ1v) is 7.61. The van der Waals surface area contributed by atoms with Crippen molar-refractivity contribution in [1.29, 1.82) is 0 Å². The summed E-state index contributed by atoms with van der Waals surface area (Å²) in [4.78, 5) is 13.7. The minimum atomic E-state index is -0.156. The molecule has 0 radical (unpaired) electrons. The Labute approximate surface area is 113 Å². The smallest absolute Gasteiger partial charge is 0.226 e. The van der Waals surface area contributed by atoms with Crippen LogP contribution in [0.5, 0.6) is 0 Å². The summed E-state index contributed by atoms with van der Waals surface area (Å²) in [7, 11) is 0. The molecule has 0 bridgehead atoms. The maximum absolute atomic E-state index is 12.5. The van der Waals surface area contributed by atoms with E-state index in [2.05, 4.69) is 35.9 Å². The van der Waals surface area contributed by atoms with Crippen LogP contribution in [0.15, 0.2) is 17.5 Å². The highest BCUT2D eigenvalue weighted by molar-refractivity contribution is 7.10. The zero-order chi connectivity index (χ0) is 13.0. The quantitative estimate of drug-likeness (QED) is 0.880. The molecule has 0 spiro atoms. The lowest BCUT2D eigenvalue weighted by atomic mass is 9.75. The first-order valence-electron chi connectivity index (χ1n) is 6.73. The van der Waals surface area contributed by atoms with Crippen molar-refractivity contribution < 1.29 is 4.79 Å². The highest BCUT2D eigenvalue weighted by atomic mass is 32.1. The standard InChI is InChI=1S/C14H22N2OS/c1-3-14(6-8-15-9-7-14)13(17)16-11(2)12-5-4-10-18-12/h4-5,10-11,15H,3,6-9H2,1-2H3,(H,16,17)/t11-/m0/s1. The Hall–Kier alpha value is -0.870. The van der Waals surface area contributed by atoms with E-state index in [4.69, 9.17) is 0 Å². The van der Waals surface area contributed by atoms with Gasteiger partial charge in [-0.1, -0.05) is 13.0 Å². The zero-order valence-corrected chi connectivity index (χ0v) is 12.0. The number of amides is 1. The van der Waals surface area contributed by atoms with Crippen molar-refractivity contribution in [1.82, 2.24) is 10.6 Å². The minimum Gasteiger partial charge on any atom is -0.348 e. The van der Waals surface area contributed by atoms with Crippen LogP contribution in [0.1, 0.15) is 44.0 Å². The van der Waals surface area contributed by atoms with Gasteiger partial charge in [0.25, 0.3) is 0 Å². The van der Waals surface area contributed by atoms with Gasteiger partial charge in [-0.25, -0.2) is 0 Å². The Morgan fingerprint density at radius 2 is 2.28 bits per heavy atom. The normalized spacial score (nSPS) is 20.3. The highest BCUT2D eigenvalue weighted by Gasteiger charge is 2.38. The molecule has 18 heavy (non-hydrogen) atoms. The number of carbonyl (C=O) groups excluding carboxylic acids is 1. The number of nitrogens with one attached hydrogen (secondary N) is 2. The van der Waals surface area contributed by atoms with E-state index in [1.807, 2.05) is 6.07 Å². The van der Waals surface area contributed by atoms with Crippen molar-refractivity contribution in [3.05, 3.63) is 22.4 Å². The van der Waals surface area contributed by atoms with Crippen LogP contribution in [0.2, 0.25) is 0 Å². The van der Waals surface area contributed by atoms with Crippen LogP contribution < -0.4 is 10.6 Å². The lowest BCUT2D eigenvalue weighted by molar-refractivity contribution is -0.133. The van der Waals surface area contributed by atoms with Crippen molar-refractivity contribution >= 4 is 17.2 Å². The lowest BCUT2D eigenvalue weighted by Gasteiger charge is -2.36. The fourth-order valence-corrected chi connectivity index (χ4v) is 3.34. The van der Waals surface area contributed by atoms with Crippen molar-refractivity contribution in [2.75, 3.05) is 13.1 Å². The van der Waals surface area contributed by atoms with E-state index in [9.17, 15) is 4.79 Å². The van der Waals surface area contributed by atoms with E-state index in [-0.39, 0.29) is 17.4 Å². The van der Waals surface area contributed by atoms with Gasteiger partial charge in [0.1, 0.15) is 0 Å². The fraction of sp³-hybridized carbons (Fsp3) is 0.643. The molecule has 4 heteroatoms. The fourth-order valence-electron chi connectivity index (χ4n) is 2.61. The van der Waals surface area contributed by atoms with E-state index < -0.39 is 0 Å². The predicted molar refractivity (Wildman–Crippen MR) is 75.7 cm³/mol. The molecule has 2 heterocycles. The van der Waals surface area contributed by atoms with Gasteiger partial charge in [0.15, 0.2) is 0 Å². The van der Waals surface area contributed by atoms with Gasteiger partial charge in [0, 0.05) is 4.88 Å². The predicted octanol–water partition coefficient (Wildman–Crippen LogP) is 2.71. The summed E-state index contributed by atoms with van der Waals surface area (Å²) in [6.07, 6.45) is 2.83. The van der Waals surface area contributed by atoms with Crippen LogP contribution >= 0.6 is 11.3 Å². The topological polar surface area (TPSA) is 41.1 Å². The Balaban J connectivity index is 2.01. The largest absolute Gasteiger partial charge is 0.348 e. The second-order valence-electron chi connectivity index (χ2n) is 5.09. The molecule has 3 nitrogen and oxygen atoms in total. The van der Waals surface area contributed by atoms with E-state index in [0.29, 0.717) is 0 Å². The SMILES string of the molecule is CCC1(C(=O)N[C@@H](C)c2cccs2)CCNCC1. The molecule has 1 amide bonds. The lowest BCUT2D eigenvalue weighted by Crippen LogP contribution is -2.47. The molecule has 1 aliphatic heterocycles. The van der Waals surface area contributed by atoms with E-state index in [0.717, 1.165) is 32.4 Å². The number of rotatable bonds is 4. The van der Waals surface area contributed by atoms with Crippen molar-refractivity contribution in [3.63, 3.8) is 0 Å². The number of piperidine rings is 1. The summed E-state index contributed by atoms with van der Waals surface area (Å²) < 4.78 is 0. The van der Waals surface area contributed by atoms with Crippen LogP contribution in [0.4, 0.5) is 0 Å². The van der Waals surface area contributed by atoms with Gasteiger partial charge in [0.05, 0.1) is 11.5 Å². The third kappa shape index (κ3) is 2.75. The van der Waals surface area contributed by atoms with Gasteiger partial charge in [0.2, 0.25) is 5.91 Å². The second kappa shape index (κ2) is 5.85. The third-order valence-corrected chi connectivity index (χ3v) is 5.09. The Bertz CT molecular complexity index is 383. The number of hydrogen-bond donors (Lipinski definition) is 2. The van der Waals surface area contributed by atoms with Gasteiger partial charge in [-0.2, -0.15) is 0 Å². The van der Waals surface area contributed by atoms with Crippen LogP contribution in [-0.4, -0.2) is 19.0 Å². The minimum absolute atomic E-state index is 0.121. The van der Waals surface area contributed by atoms with Gasteiger partial charge < -0.3 is 10.6 Å². The molecule has 1 saturated heterocycles. The summed E-state index contributed by atoms with van der Waals surface area (Å²) in [6, 6.07) is 4.23. The molecule has 2 rings (SSSR count). The average Bonchev–Trinajstić information content (AvgIpc) is 2.93. The number of hydrogen-bond acceptors (Lipinski definition) is 3. The summed E-state index contributed by atoms with van der Waals surface area (Å²) in [5, 5.41) is 8.57. The third-order valence-electron chi connectivity index (χ3n) is 4.04. The number of thiophene rings is 1. The first-order chi connectivity index (χ1) is 8.68. The molecule has 0 unspecified atom stereocenters. The molecular formula is C14H22N2OS. The van der Waals surface area contributed by atoms with E-state index in [1.54, 1.807) is 11.3 Å². The highest BCUT2D eigenvalue weighted by Crippen LogP contribution is 2.33. The van der Waals surface area contributed by atoms with Crippen LogP contribution in [0.25, 0.3) is 0 Å². The summed E-state index contributed by atoms with van der Waals surface area (Å²) in [5.74, 6) is 0.229. The van der Waals surface area contributed by atoms with Crippen LogP contribution in [0.3, 0.4) is 0 Å². The average molecular weight is 266 g/mol. The maximum atomic E-state index is 12.5. The van der Waals surface area contributed by atoms with Crippen LogP contribution in [0, 0.1) is 5.41 Å². The molecule has 1 atom stereocenters. The van der Waals surface area contributed by atoms with E-state index >= 15 is 0 Å². The Kier molecular flexibility index (Phi) is 4.40. The number of carbonyl (C=O) groups is 1. The molecule has 1 aromatic rings. The monoisotopic (exact) mass is 266 g/mol. The van der Waals surface area contributed by atoms with Crippen molar-refractivity contribution in [3.8, 4) is 0 Å². The molecule has 2 N–H and O–H groups in total.